The average molecular weight is 447 g/mol. The molecular weight excluding hydrogens is 416 g/mol. The van der Waals surface area contributed by atoms with Gasteiger partial charge in [0.25, 0.3) is 5.56 Å². The molecule has 1 aromatic heterocycles. The molecule has 1 amide bonds. The van der Waals surface area contributed by atoms with Crippen molar-refractivity contribution < 1.29 is 19.4 Å². The standard InChI is InChI=1S/C22H30N4O6/c1-4-10-25-19(23)18(21(30)26(11-5-2)22(25)31)24-20(29)14(3)12-15-6-8-16(9-7-15)32-13-17(27)28/h6-9,14H,4-5,10-13,23H2,1-3H3,(H,24,29)(H,27,28). The van der Waals surface area contributed by atoms with Crippen molar-refractivity contribution in [3.8, 4) is 5.75 Å². The Morgan fingerprint density at radius 3 is 2.25 bits per heavy atom. The average Bonchev–Trinajstić information content (AvgIpc) is 2.76. The van der Waals surface area contributed by atoms with Gasteiger partial charge in [0.2, 0.25) is 5.91 Å². The molecule has 0 saturated carbocycles. The van der Waals surface area contributed by atoms with Crippen LogP contribution in [0, 0.1) is 5.92 Å². The third-order valence-corrected chi connectivity index (χ3v) is 4.89. The molecule has 1 heterocycles. The fourth-order valence-corrected chi connectivity index (χ4v) is 3.25. The zero-order valence-electron chi connectivity index (χ0n) is 18.6. The van der Waals surface area contributed by atoms with E-state index in [0.717, 1.165) is 10.1 Å². The highest BCUT2D eigenvalue weighted by molar-refractivity contribution is 5.94. The van der Waals surface area contributed by atoms with Crippen molar-refractivity contribution in [2.45, 2.75) is 53.1 Å². The molecule has 0 aliphatic carbocycles. The van der Waals surface area contributed by atoms with Crippen molar-refractivity contribution in [3.63, 3.8) is 0 Å². The minimum atomic E-state index is -1.07. The molecule has 0 radical (unpaired) electrons. The number of benzene rings is 1. The molecular formula is C22H30N4O6. The number of anilines is 2. The molecule has 1 aromatic carbocycles. The number of aromatic nitrogens is 2. The van der Waals surface area contributed by atoms with Gasteiger partial charge in [-0.3, -0.25) is 18.7 Å². The van der Waals surface area contributed by atoms with Gasteiger partial charge in [0.05, 0.1) is 0 Å². The van der Waals surface area contributed by atoms with Crippen LogP contribution < -0.4 is 27.0 Å². The Hall–Kier alpha value is -3.56. The Morgan fingerprint density at radius 1 is 1.09 bits per heavy atom. The summed E-state index contributed by atoms with van der Waals surface area (Å²) in [6.45, 7) is 5.59. The fourth-order valence-electron chi connectivity index (χ4n) is 3.25. The molecule has 4 N–H and O–H groups in total. The van der Waals surface area contributed by atoms with Crippen LogP contribution in [0.1, 0.15) is 39.2 Å². The summed E-state index contributed by atoms with van der Waals surface area (Å²) >= 11 is 0. The molecule has 1 atom stereocenters. The predicted octanol–water partition coefficient (Wildman–Crippen LogP) is 1.69. The lowest BCUT2D eigenvalue weighted by atomic mass is 10.0. The van der Waals surface area contributed by atoms with E-state index in [-0.39, 0.29) is 18.1 Å². The number of carbonyl (C=O) groups is 2. The number of hydrogen-bond acceptors (Lipinski definition) is 6. The highest BCUT2D eigenvalue weighted by atomic mass is 16.5. The third-order valence-electron chi connectivity index (χ3n) is 4.89. The summed E-state index contributed by atoms with van der Waals surface area (Å²) in [4.78, 5) is 48.8. The van der Waals surface area contributed by atoms with Gasteiger partial charge < -0.3 is 20.9 Å². The van der Waals surface area contributed by atoms with Crippen molar-refractivity contribution in [1.29, 1.82) is 0 Å². The molecule has 32 heavy (non-hydrogen) atoms. The molecule has 2 rings (SSSR count). The zero-order valence-corrected chi connectivity index (χ0v) is 18.6. The van der Waals surface area contributed by atoms with Crippen molar-refractivity contribution in [1.82, 2.24) is 9.13 Å². The molecule has 10 heteroatoms. The smallest absolute Gasteiger partial charge is 0.341 e. The number of nitrogen functional groups attached to an aromatic ring is 1. The number of carboxylic acid groups (broad SMARTS) is 1. The summed E-state index contributed by atoms with van der Waals surface area (Å²) in [5.41, 5.74) is 5.75. The quantitative estimate of drug-likeness (QED) is 0.476. The molecule has 10 nitrogen and oxygen atoms in total. The number of nitrogens with zero attached hydrogens (tertiary/aromatic N) is 2. The molecule has 2 aromatic rings. The van der Waals surface area contributed by atoms with Gasteiger partial charge >= 0.3 is 11.7 Å². The van der Waals surface area contributed by atoms with Gasteiger partial charge in [-0.2, -0.15) is 0 Å². The number of rotatable bonds is 11. The van der Waals surface area contributed by atoms with E-state index >= 15 is 0 Å². The van der Waals surface area contributed by atoms with Crippen molar-refractivity contribution in [3.05, 3.63) is 50.7 Å². The van der Waals surface area contributed by atoms with Gasteiger partial charge in [-0.1, -0.05) is 32.9 Å². The van der Waals surface area contributed by atoms with E-state index in [0.29, 0.717) is 31.6 Å². The first-order valence-corrected chi connectivity index (χ1v) is 10.6. The molecule has 0 spiro atoms. The molecule has 0 fully saturated rings. The number of ether oxygens (including phenoxy) is 1. The number of amides is 1. The van der Waals surface area contributed by atoms with Gasteiger partial charge in [-0.05, 0) is 37.0 Å². The van der Waals surface area contributed by atoms with Crippen LogP contribution in [0.4, 0.5) is 11.5 Å². The monoisotopic (exact) mass is 446 g/mol. The summed E-state index contributed by atoms with van der Waals surface area (Å²) < 4.78 is 7.51. The van der Waals surface area contributed by atoms with Crippen LogP contribution in [0.25, 0.3) is 0 Å². The summed E-state index contributed by atoms with van der Waals surface area (Å²) in [5.74, 6) is -1.59. The van der Waals surface area contributed by atoms with Crippen LogP contribution >= 0.6 is 0 Å². The van der Waals surface area contributed by atoms with Gasteiger partial charge in [0.15, 0.2) is 6.61 Å². The van der Waals surface area contributed by atoms with Gasteiger partial charge in [0, 0.05) is 19.0 Å². The van der Waals surface area contributed by atoms with Crippen LogP contribution in [-0.4, -0.2) is 32.7 Å². The second kappa shape index (κ2) is 11.2. The normalized spacial score (nSPS) is 11.7. The third kappa shape index (κ3) is 5.99. The zero-order chi connectivity index (χ0) is 23.8. The lowest BCUT2D eigenvalue weighted by Crippen LogP contribution is -2.43. The minimum absolute atomic E-state index is 0.0466. The van der Waals surface area contributed by atoms with Crippen LogP contribution in [0.2, 0.25) is 0 Å². The van der Waals surface area contributed by atoms with E-state index in [1.165, 1.54) is 4.57 Å². The van der Waals surface area contributed by atoms with Crippen LogP contribution in [0.3, 0.4) is 0 Å². The predicted molar refractivity (Wildman–Crippen MR) is 121 cm³/mol. The van der Waals surface area contributed by atoms with Crippen LogP contribution in [0.15, 0.2) is 33.9 Å². The molecule has 0 bridgehead atoms. The summed E-state index contributed by atoms with van der Waals surface area (Å²) in [7, 11) is 0. The highest BCUT2D eigenvalue weighted by Crippen LogP contribution is 2.18. The molecule has 0 aliphatic rings. The van der Waals surface area contributed by atoms with Crippen LogP contribution in [0.5, 0.6) is 5.75 Å². The lowest BCUT2D eigenvalue weighted by Gasteiger charge is -2.18. The number of carboxylic acids is 1. The van der Waals surface area contributed by atoms with Gasteiger partial charge in [0.1, 0.15) is 17.3 Å². The number of aliphatic carboxylic acids is 1. The van der Waals surface area contributed by atoms with E-state index in [9.17, 15) is 19.2 Å². The molecule has 174 valence electrons. The summed E-state index contributed by atoms with van der Waals surface area (Å²) in [6, 6.07) is 6.74. The van der Waals surface area contributed by atoms with Crippen LogP contribution in [-0.2, 0) is 29.1 Å². The van der Waals surface area contributed by atoms with Gasteiger partial charge in [-0.25, -0.2) is 9.59 Å². The summed E-state index contributed by atoms with van der Waals surface area (Å²) in [6.07, 6.45) is 1.61. The maximum Gasteiger partial charge on any atom is 0.341 e. The number of hydrogen-bond donors (Lipinski definition) is 3. The maximum atomic E-state index is 12.8. The van der Waals surface area contributed by atoms with Crippen molar-refractivity contribution >= 4 is 23.4 Å². The first-order chi connectivity index (χ1) is 15.2. The molecule has 0 saturated heterocycles. The van der Waals surface area contributed by atoms with E-state index in [4.69, 9.17) is 15.6 Å². The number of carbonyl (C=O) groups excluding carboxylic acids is 1. The van der Waals surface area contributed by atoms with Crippen molar-refractivity contribution in [2.24, 2.45) is 5.92 Å². The van der Waals surface area contributed by atoms with E-state index in [2.05, 4.69) is 5.32 Å². The Bertz CT molecular complexity index is 1070. The Kier molecular flexibility index (Phi) is 8.62. The minimum Gasteiger partial charge on any atom is -0.482 e. The Labute approximate surface area is 185 Å². The Morgan fingerprint density at radius 2 is 1.69 bits per heavy atom. The maximum absolute atomic E-state index is 12.8. The second-order valence-electron chi connectivity index (χ2n) is 7.57. The number of nitrogens with one attached hydrogen (secondary N) is 1. The SMILES string of the molecule is CCCn1c(N)c(NC(=O)C(C)Cc2ccc(OCC(=O)O)cc2)c(=O)n(CCC)c1=O. The first-order valence-electron chi connectivity index (χ1n) is 10.6. The second-order valence-corrected chi connectivity index (χ2v) is 7.57. The summed E-state index contributed by atoms with van der Waals surface area (Å²) in [5, 5.41) is 11.3. The highest BCUT2D eigenvalue weighted by Gasteiger charge is 2.21. The van der Waals surface area contributed by atoms with E-state index < -0.39 is 35.7 Å². The molecule has 1 unspecified atom stereocenters. The van der Waals surface area contributed by atoms with Gasteiger partial charge in [-0.15, -0.1) is 0 Å². The van der Waals surface area contributed by atoms with Crippen molar-refractivity contribution in [2.75, 3.05) is 17.7 Å². The van der Waals surface area contributed by atoms with E-state index in [1.807, 2.05) is 13.8 Å². The first kappa shape index (κ1) is 24.7. The van der Waals surface area contributed by atoms with E-state index in [1.54, 1.807) is 31.2 Å². The Balaban J connectivity index is 2.20. The molecule has 0 aliphatic heterocycles. The fraction of sp³-hybridized carbons (Fsp3) is 0.455. The topological polar surface area (TPSA) is 146 Å². The lowest BCUT2D eigenvalue weighted by molar-refractivity contribution is -0.139. The number of nitrogens with two attached hydrogens (primary N) is 1. The largest absolute Gasteiger partial charge is 0.482 e.